The van der Waals surface area contributed by atoms with E-state index in [2.05, 4.69) is 6.92 Å². The minimum atomic E-state index is 0.420. The Balaban J connectivity index is 2.28. The third kappa shape index (κ3) is 1.16. The van der Waals surface area contributed by atoms with Crippen molar-refractivity contribution in [2.24, 2.45) is 5.73 Å². The first-order valence-corrected chi connectivity index (χ1v) is 3.38. The Labute approximate surface area is 51.3 Å². The lowest BCUT2D eigenvalue weighted by atomic mass is 9.87. The summed E-state index contributed by atoms with van der Waals surface area (Å²) in [4.78, 5) is 0. The maximum atomic E-state index is 5.74. The van der Waals surface area contributed by atoms with Crippen LogP contribution in [0.1, 0.15) is 32.6 Å². The van der Waals surface area contributed by atoms with Gasteiger partial charge in [-0.2, -0.15) is 0 Å². The second-order valence-electron chi connectivity index (χ2n) is 2.70. The Bertz CT molecular complexity index is 60.8. The molecule has 46 valence electrons. The molecule has 8 heavy (non-hydrogen) atoms. The van der Waals surface area contributed by atoms with Gasteiger partial charge in [-0.05, 0) is 12.8 Å². The van der Waals surface area contributed by atoms with Crippen molar-refractivity contribution >= 4 is 0 Å². The van der Waals surface area contributed by atoms with Crippen LogP contribution in [-0.2, 0) is 0 Å². The van der Waals surface area contributed by atoms with Crippen molar-refractivity contribution in [1.29, 1.82) is 0 Å². The molecule has 1 rings (SSSR count). The van der Waals surface area contributed by atoms with Crippen molar-refractivity contribution in [3.63, 3.8) is 0 Å². The van der Waals surface area contributed by atoms with E-state index in [4.69, 9.17) is 5.73 Å². The van der Waals surface area contributed by atoms with Gasteiger partial charge in [0.25, 0.3) is 0 Å². The summed E-state index contributed by atoms with van der Waals surface area (Å²) in [6.45, 7) is 2.17. The molecule has 0 heterocycles. The van der Waals surface area contributed by atoms with Gasteiger partial charge in [0.05, 0.1) is 13.3 Å². The van der Waals surface area contributed by atoms with Crippen LogP contribution in [0, 0.1) is 5.92 Å². The van der Waals surface area contributed by atoms with Gasteiger partial charge in [0, 0.05) is 6.42 Å². The van der Waals surface area contributed by atoms with Crippen molar-refractivity contribution in [2.75, 3.05) is 0 Å². The summed E-state index contributed by atoms with van der Waals surface area (Å²) >= 11 is 0. The molecule has 1 aliphatic carbocycles. The van der Waals surface area contributed by atoms with Crippen molar-refractivity contribution < 1.29 is 0 Å². The molecule has 2 N–H and O–H groups in total. The zero-order valence-corrected chi connectivity index (χ0v) is 5.48. The smallest absolute Gasteiger partial charge is 0.148 e. The molecule has 1 atom stereocenters. The molecule has 0 aromatic rings. The molecule has 0 amide bonds. The van der Waals surface area contributed by atoms with Crippen molar-refractivity contribution in [3.8, 4) is 0 Å². The Kier molecular flexibility index (Phi) is 1.79. The zero-order valence-electron chi connectivity index (χ0n) is 5.48. The molecule has 1 saturated carbocycles. The van der Waals surface area contributed by atoms with Gasteiger partial charge in [0.15, 0.2) is 0 Å². The van der Waals surface area contributed by atoms with E-state index in [1.165, 1.54) is 31.6 Å². The predicted octanol–water partition coefficient (Wildman–Crippen LogP) is 1.48. The SMILES string of the molecule is C[C+]1CCCCC1N. The summed E-state index contributed by atoms with van der Waals surface area (Å²) in [5.74, 6) is 1.50. The molecule has 1 fully saturated rings. The van der Waals surface area contributed by atoms with Gasteiger partial charge >= 0.3 is 0 Å². The van der Waals surface area contributed by atoms with Crippen molar-refractivity contribution in [2.45, 2.75) is 38.6 Å². The molecule has 1 nitrogen and oxygen atoms in total. The fourth-order valence-corrected chi connectivity index (χ4v) is 1.20. The van der Waals surface area contributed by atoms with Crippen LogP contribution in [-0.4, -0.2) is 6.04 Å². The van der Waals surface area contributed by atoms with E-state index < -0.39 is 0 Å². The molecule has 0 aromatic heterocycles. The molecule has 0 saturated heterocycles. The first kappa shape index (κ1) is 5.96. The van der Waals surface area contributed by atoms with E-state index in [1.807, 2.05) is 0 Å². The van der Waals surface area contributed by atoms with Gasteiger partial charge in [-0.1, -0.05) is 0 Å². The summed E-state index contributed by atoms with van der Waals surface area (Å²) in [6.07, 6.45) is 5.17. The van der Waals surface area contributed by atoms with Crippen LogP contribution < -0.4 is 5.73 Å². The van der Waals surface area contributed by atoms with Gasteiger partial charge in [0.1, 0.15) is 12.0 Å². The summed E-state index contributed by atoms with van der Waals surface area (Å²) in [5, 5.41) is 0. The fraction of sp³-hybridized carbons (Fsp3) is 0.857. The second kappa shape index (κ2) is 2.40. The van der Waals surface area contributed by atoms with Crippen LogP contribution in [0.3, 0.4) is 0 Å². The normalized spacial score (nSPS) is 30.8. The largest absolute Gasteiger partial charge is 0.290 e. The van der Waals surface area contributed by atoms with E-state index in [0.29, 0.717) is 6.04 Å². The first-order chi connectivity index (χ1) is 3.80. The molecule has 0 aromatic carbocycles. The van der Waals surface area contributed by atoms with Crippen LogP contribution in [0.15, 0.2) is 0 Å². The molecule has 0 aliphatic heterocycles. The summed E-state index contributed by atoms with van der Waals surface area (Å²) in [5.41, 5.74) is 5.74. The summed E-state index contributed by atoms with van der Waals surface area (Å²) < 4.78 is 0. The monoisotopic (exact) mass is 112 g/mol. The van der Waals surface area contributed by atoms with Crippen LogP contribution in [0.25, 0.3) is 0 Å². The third-order valence-electron chi connectivity index (χ3n) is 1.97. The lowest BCUT2D eigenvalue weighted by Gasteiger charge is -2.14. The highest BCUT2D eigenvalue weighted by atomic mass is 14.6. The van der Waals surface area contributed by atoms with Crippen LogP contribution in [0.5, 0.6) is 0 Å². The van der Waals surface area contributed by atoms with Gasteiger partial charge in [-0.3, -0.25) is 5.73 Å². The molecule has 0 radical (unpaired) electrons. The van der Waals surface area contributed by atoms with Crippen LogP contribution in [0.4, 0.5) is 0 Å². The fourth-order valence-electron chi connectivity index (χ4n) is 1.20. The van der Waals surface area contributed by atoms with Gasteiger partial charge in [0.2, 0.25) is 0 Å². The van der Waals surface area contributed by atoms with Gasteiger partial charge in [-0.25, -0.2) is 0 Å². The minimum absolute atomic E-state index is 0.420. The average molecular weight is 112 g/mol. The molecule has 1 aliphatic rings. The molecule has 1 unspecified atom stereocenters. The highest BCUT2D eigenvalue weighted by Crippen LogP contribution is 2.23. The van der Waals surface area contributed by atoms with Gasteiger partial charge < -0.3 is 0 Å². The third-order valence-corrected chi connectivity index (χ3v) is 1.97. The summed E-state index contributed by atoms with van der Waals surface area (Å²) in [6, 6.07) is 0.420. The van der Waals surface area contributed by atoms with E-state index in [9.17, 15) is 0 Å². The maximum absolute atomic E-state index is 5.74. The average Bonchev–Trinajstić information content (AvgIpc) is 1.77. The molecule has 0 spiro atoms. The standard InChI is InChI=1S/C7H14N/c1-6-4-2-3-5-7(6)8/h7H,2-5,8H2,1H3/q+1. The predicted molar refractivity (Wildman–Crippen MR) is 35.4 cm³/mol. The number of hydrogen-bond acceptors (Lipinski definition) is 1. The van der Waals surface area contributed by atoms with E-state index in [-0.39, 0.29) is 0 Å². The Morgan fingerprint density at radius 3 is 2.62 bits per heavy atom. The molecular formula is C7H14N+. The molecular weight excluding hydrogens is 98.1 g/mol. The Morgan fingerprint density at radius 1 is 1.50 bits per heavy atom. The van der Waals surface area contributed by atoms with Crippen molar-refractivity contribution in [3.05, 3.63) is 5.92 Å². The topological polar surface area (TPSA) is 26.0 Å². The van der Waals surface area contributed by atoms with Crippen LogP contribution >= 0.6 is 0 Å². The Hall–Kier alpha value is -0.170. The van der Waals surface area contributed by atoms with E-state index >= 15 is 0 Å². The first-order valence-electron chi connectivity index (χ1n) is 3.38. The molecule has 0 bridgehead atoms. The maximum Gasteiger partial charge on any atom is 0.148 e. The Morgan fingerprint density at radius 2 is 2.25 bits per heavy atom. The summed E-state index contributed by atoms with van der Waals surface area (Å²) in [7, 11) is 0. The number of rotatable bonds is 0. The van der Waals surface area contributed by atoms with E-state index in [1.54, 1.807) is 0 Å². The van der Waals surface area contributed by atoms with E-state index in [0.717, 1.165) is 0 Å². The molecule has 1 heteroatoms. The van der Waals surface area contributed by atoms with Crippen LogP contribution in [0.2, 0.25) is 0 Å². The lowest BCUT2D eigenvalue weighted by molar-refractivity contribution is 0.477. The number of nitrogens with two attached hydrogens (primary N) is 1. The van der Waals surface area contributed by atoms with Gasteiger partial charge in [-0.15, -0.1) is 0 Å². The highest BCUT2D eigenvalue weighted by molar-refractivity contribution is 4.97. The highest BCUT2D eigenvalue weighted by Gasteiger charge is 2.26. The van der Waals surface area contributed by atoms with Crippen molar-refractivity contribution in [1.82, 2.24) is 0 Å². The quantitative estimate of drug-likeness (QED) is 0.472. The minimum Gasteiger partial charge on any atom is -0.290 e. The number of hydrogen-bond donors (Lipinski definition) is 1. The second-order valence-corrected chi connectivity index (χ2v) is 2.70. The zero-order chi connectivity index (χ0) is 5.98. The lowest BCUT2D eigenvalue weighted by Crippen LogP contribution is -2.29.